The van der Waals surface area contributed by atoms with Gasteiger partial charge in [-0.15, -0.1) is 5.10 Å². The highest BCUT2D eigenvalue weighted by molar-refractivity contribution is 5.69. The normalized spacial score (nSPS) is 21.5. The third kappa shape index (κ3) is 12.1. The van der Waals surface area contributed by atoms with Crippen molar-refractivity contribution in [2.75, 3.05) is 13.2 Å². The number of carbonyl (C=O) groups is 7. The minimum atomic E-state index is -1.69. The molecule has 1 aliphatic rings. The fraction of sp³-hybridized carbons (Fsp3) is 0.531. The Bertz CT molecular complexity index is 1560. The maximum absolute atomic E-state index is 12.4. The Labute approximate surface area is 291 Å². The van der Waals surface area contributed by atoms with Crippen LogP contribution in [0.2, 0.25) is 0 Å². The Balaban J connectivity index is 2.06. The van der Waals surface area contributed by atoms with Gasteiger partial charge >= 0.3 is 41.8 Å². The summed E-state index contributed by atoms with van der Waals surface area (Å²) in [4.78, 5) is 86.5. The lowest BCUT2D eigenvalue weighted by Crippen LogP contribution is -2.63. The van der Waals surface area contributed by atoms with Gasteiger partial charge in [-0.1, -0.05) is 18.2 Å². The Morgan fingerprint density at radius 3 is 1.82 bits per heavy atom. The van der Waals surface area contributed by atoms with E-state index < -0.39 is 104 Å². The van der Waals surface area contributed by atoms with E-state index in [9.17, 15) is 33.6 Å². The van der Waals surface area contributed by atoms with Crippen molar-refractivity contribution in [3.63, 3.8) is 0 Å². The van der Waals surface area contributed by atoms with Crippen molar-refractivity contribution >= 4 is 41.8 Å². The van der Waals surface area contributed by atoms with Crippen LogP contribution in [0.15, 0.2) is 36.5 Å². The summed E-state index contributed by atoms with van der Waals surface area (Å²) in [6, 6.07) is 8.67. The van der Waals surface area contributed by atoms with Crippen molar-refractivity contribution in [2.45, 2.75) is 97.5 Å². The highest BCUT2D eigenvalue weighted by Crippen LogP contribution is 2.32. The predicted octanol–water partition coefficient (Wildman–Crippen LogP) is 0.835. The van der Waals surface area contributed by atoms with Crippen LogP contribution in [0.5, 0.6) is 0 Å². The molecular weight excluding hydrogens is 682 g/mol. The summed E-state index contributed by atoms with van der Waals surface area (Å²) in [5.41, 5.74) is 0.530. The lowest BCUT2D eigenvalue weighted by Gasteiger charge is -2.44. The van der Waals surface area contributed by atoms with E-state index in [4.69, 9.17) is 42.6 Å². The van der Waals surface area contributed by atoms with Gasteiger partial charge in [0.25, 0.3) is 0 Å². The van der Waals surface area contributed by atoms with Gasteiger partial charge in [0.2, 0.25) is 0 Å². The molecule has 19 nitrogen and oxygen atoms in total. The summed E-state index contributed by atoms with van der Waals surface area (Å²) >= 11 is 0. The first-order valence-electron chi connectivity index (χ1n) is 15.5. The van der Waals surface area contributed by atoms with Crippen LogP contribution in [-0.2, 0) is 76.2 Å². The number of esters is 7. The molecule has 1 aromatic carbocycles. The second kappa shape index (κ2) is 18.5. The number of benzene rings is 1. The maximum Gasteiger partial charge on any atom is 0.303 e. The van der Waals surface area contributed by atoms with Gasteiger partial charge in [0.1, 0.15) is 18.4 Å². The third-order valence-electron chi connectivity index (χ3n) is 6.74. The molecule has 19 heteroatoms. The standard InChI is InChI=1S/C32H39N3O16/c1-16(36)43-14-26-29(48-20(5)40)30(49-21(6)41)31(50-22(7)42)32(51-26)44-15-25(45-17(2)37)28(47-19(4)39)27(46-18(3)38)24-13-33-35(34-24)23-11-9-8-10-12-23/h8-13,25-32H,14-15H2,1-7H3. The summed E-state index contributed by atoms with van der Waals surface area (Å²) in [5.74, 6) is -5.91. The number of carbonyl (C=O) groups excluding carboxylic acids is 7. The van der Waals surface area contributed by atoms with Crippen molar-refractivity contribution in [3.8, 4) is 5.69 Å². The van der Waals surface area contributed by atoms with Gasteiger partial charge in [-0.2, -0.15) is 9.90 Å². The lowest BCUT2D eigenvalue weighted by molar-refractivity contribution is -0.313. The molecule has 278 valence electrons. The number of aromatic nitrogens is 3. The van der Waals surface area contributed by atoms with E-state index in [0.717, 1.165) is 48.5 Å². The molecule has 0 aliphatic carbocycles. The Kier molecular flexibility index (Phi) is 14.5. The topological polar surface area (TPSA) is 233 Å². The number of para-hydroxylation sites is 1. The summed E-state index contributed by atoms with van der Waals surface area (Å²) < 4.78 is 49.7. The third-order valence-corrected chi connectivity index (χ3v) is 6.74. The molecule has 0 bridgehead atoms. The maximum atomic E-state index is 12.4. The van der Waals surface area contributed by atoms with E-state index in [1.807, 2.05) is 0 Å². The first-order valence-corrected chi connectivity index (χ1v) is 15.5. The highest BCUT2D eigenvalue weighted by Gasteiger charge is 2.53. The number of nitrogens with zero attached hydrogens (tertiary/aromatic N) is 3. The van der Waals surface area contributed by atoms with Gasteiger partial charge < -0.3 is 42.6 Å². The van der Waals surface area contributed by atoms with Gasteiger partial charge in [-0.05, 0) is 12.1 Å². The average molecular weight is 722 g/mol. The van der Waals surface area contributed by atoms with Gasteiger partial charge in [0, 0.05) is 48.5 Å². The molecule has 0 spiro atoms. The van der Waals surface area contributed by atoms with Gasteiger partial charge in [0.05, 0.1) is 18.5 Å². The fourth-order valence-electron chi connectivity index (χ4n) is 5.01. The van der Waals surface area contributed by atoms with Crippen LogP contribution < -0.4 is 0 Å². The van der Waals surface area contributed by atoms with Crippen molar-refractivity contribution in [1.82, 2.24) is 15.0 Å². The fourth-order valence-corrected chi connectivity index (χ4v) is 5.01. The molecule has 1 aromatic heterocycles. The van der Waals surface area contributed by atoms with Crippen LogP contribution >= 0.6 is 0 Å². The van der Waals surface area contributed by atoms with Crippen molar-refractivity contribution in [2.24, 2.45) is 0 Å². The number of hydrogen-bond acceptors (Lipinski definition) is 18. The van der Waals surface area contributed by atoms with E-state index >= 15 is 0 Å². The smallest absolute Gasteiger partial charge is 0.303 e. The molecule has 0 amide bonds. The second-order valence-corrected chi connectivity index (χ2v) is 11.0. The van der Waals surface area contributed by atoms with Crippen LogP contribution in [0.3, 0.4) is 0 Å². The first-order chi connectivity index (χ1) is 24.0. The number of hydrogen-bond donors (Lipinski definition) is 0. The molecular formula is C32H39N3O16. The number of ether oxygens (including phenoxy) is 9. The summed E-state index contributed by atoms with van der Waals surface area (Å²) in [6.07, 6.45) is -11.2. The van der Waals surface area contributed by atoms with Crippen LogP contribution in [-0.4, -0.2) is 113 Å². The van der Waals surface area contributed by atoms with Crippen molar-refractivity contribution in [3.05, 3.63) is 42.2 Å². The Morgan fingerprint density at radius 1 is 0.706 bits per heavy atom. The van der Waals surface area contributed by atoms with E-state index in [2.05, 4.69) is 10.2 Å². The first kappa shape index (κ1) is 40.0. The van der Waals surface area contributed by atoms with Gasteiger partial charge in [-0.25, -0.2) is 0 Å². The zero-order valence-electron chi connectivity index (χ0n) is 28.9. The van der Waals surface area contributed by atoms with Gasteiger partial charge in [0.15, 0.2) is 42.9 Å². The molecule has 1 fully saturated rings. The van der Waals surface area contributed by atoms with Crippen molar-refractivity contribution < 1.29 is 76.2 Å². The SMILES string of the molecule is CC(=O)OCC1OC(OCC(OC(C)=O)C(OC(C)=O)C(OC(C)=O)c2cnn(-c3ccccc3)n2)C(OC(C)=O)C(OC(C)=O)C1OC(C)=O. The molecule has 0 N–H and O–H groups in total. The second-order valence-electron chi connectivity index (χ2n) is 11.0. The summed E-state index contributed by atoms with van der Waals surface area (Å²) in [5, 5.41) is 8.58. The summed E-state index contributed by atoms with van der Waals surface area (Å²) in [7, 11) is 0. The zero-order valence-corrected chi connectivity index (χ0v) is 28.9. The largest absolute Gasteiger partial charge is 0.463 e. The Morgan fingerprint density at radius 2 is 1.27 bits per heavy atom. The molecule has 3 rings (SSSR count). The monoisotopic (exact) mass is 721 g/mol. The van der Waals surface area contributed by atoms with Crippen LogP contribution in [0.1, 0.15) is 60.3 Å². The molecule has 8 unspecified atom stereocenters. The average Bonchev–Trinajstić information content (AvgIpc) is 3.52. The minimum Gasteiger partial charge on any atom is -0.463 e. The molecule has 51 heavy (non-hydrogen) atoms. The van der Waals surface area contributed by atoms with Crippen LogP contribution in [0.4, 0.5) is 0 Å². The van der Waals surface area contributed by atoms with E-state index in [0.29, 0.717) is 5.69 Å². The molecule has 8 atom stereocenters. The molecule has 1 aliphatic heterocycles. The summed E-state index contributed by atoms with van der Waals surface area (Å²) in [6.45, 7) is 6.22. The molecule has 2 aromatic rings. The lowest BCUT2D eigenvalue weighted by atomic mass is 9.98. The van der Waals surface area contributed by atoms with Crippen molar-refractivity contribution in [1.29, 1.82) is 0 Å². The zero-order chi connectivity index (χ0) is 37.8. The Hall–Kier alpha value is -5.43. The van der Waals surface area contributed by atoms with E-state index in [-0.39, 0.29) is 5.69 Å². The molecule has 2 heterocycles. The quantitative estimate of drug-likeness (QED) is 0.183. The van der Waals surface area contributed by atoms with E-state index in [1.165, 1.54) is 11.0 Å². The van der Waals surface area contributed by atoms with Crippen LogP contribution in [0, 0.1) is 0 Å². The van der Waals surface area contributed by atoms with E-state index in [1.54, 1.807) is 30.3 Å². The predicted molar refractivity (Wildman–Crippen MR) is 165 cm³/mol. The molecule has 0 radical (unpaired) electrons. The molecule has 0 saturated carbocycles. The van der Waals surface area contributed by atoms with Gasteiger partial charge in [-0.3, -0.25) is 33.6 Å². The minimum absolute atomic E-state index is 0.00949. The molecule has 1 saturated heterocycles. The number of rotatable bonds is 15. The van der Waals surface area contributed by atoms with Crippen LogP contribution in [0.25, 0.3) is 5.69 Å². The highest BCUT2D eigenvalue weighted by atomic mass is 16.7.